The second-order valence-corrected chi connectivity index (χ2v) is 3.01. The molecule has 0 unspecified atom stereocenters. The highest BCUT2D eigenvalue weighted by molar-refractivity contribution is 7.71. The lowest BCUT2D eigenvalue weighted by atomic mass is 10.3. The van der Waals surface area contributed by atoms with Crippen molar-refractivity contribution in [2.75, 3.05) is 17.6 Å². The highest BCUT2D eigenvalue weighted by Crippen LogP contribution is 1.99. The average molecular weight is 199 g/mol. The molecule has 0 bridgehead atoms. The van der Waals surface area contributed by atoms with E-state index >= 15 is 0 Å². The third-order valence-electron chi connectivity index (χ3n) is 1.49. The first-order valence-corrected chi connectivity index (χ1v) is 4.61. The Labute approximate surface area is 81.8 Å². The Bertz CT molecular complexity index is 321. The quantitative estimate of drug-likeness (QED) is 0.503. The fourth-order valence-corrected chi connectivity index (χ4v) is 1.06. The van der Waals surface area contributed by atoms with Crippen molar-refractivity contribution in [1.82, 2.24) is 15.0 Å². The fourth-order valence-electron chi connectivity index (χ4n) is 0.868. The van der Waals surface area contributed by atoms with Crippen LogP contribution in [0.3, 0.4) is 0 Å². The molecule has 4 N–H and O–H groups in total. The number of hydrogen-bond donors (Lipinski definition) is 3. The number of H-pyrrole nitrogens is 1. The Kier molecular flexibility index (Phi) is 3.63. The summed E-state index contributed by atoms with van der Waals surface area (Å²) < 4.78 is 0.259. The van der Waals surface area contributed by atoms with Gasteiger partial charge in [0.1, 0.15) is 0 Å². The number of nitrogens with one attached hydrogen (secondary N) is 2. The van der Waals surface area contributed by atoms with Crippen molar-refractivity contribution in [3.63, 3.8) is 0 Å². The van der Waals surface area contributed by atoms with Crippen molar-refractivity contribution in [3.05, 3.63) is 4.77 Å². The molecule has 0 saturated heterocycles. The number of nitrogens with zero attached hydrogens (tertiary/aromatic N) is 2. The monoisotopic (exact) mass is 199 g/mol. The number of unbranched alkanes of at least 4 members (excludes halogenated alkanes) is 1. The van der Waals surface area contributed by atoms with Gasteiger partial charge in [0.2, 0.25) is 16.7 Å². The molecule has 0 aliphatic carbocycles. The number of anilines is 2. The van der Waals surface area contributed by atoms with Gasteiger partial charge in [0.25, 0.3) is 0 Å². The third-order valence-corrected chi connectivity index (χ3v) is 1.68. The molecule has 0 spiro atoms. The van der Waals surface area contributed by atoms with E-state index in [4.69, 9.17) is 18.0 Å². The molecule has 1 aromatic heterocycles. The molecule has 0 fully saturated rings. The van der Waals surface area contributed by atoms with E-state index in [2.05, 4.69) is 27.2 Å². The summed E-state index contributed by atoms with van der Waals surface area (Å²) in [4.78, 5) is 10.5. The standard InChI is InChI=1S/C7H13N5S/c1-2-3-4-9-6-10-5(8)11-7(13)12-6/h2-4H2,1H3,(H4,8,9,10,11,12,13). The molecule has 72 valence electrons. The van der Waals surface area contributed by atoms with Crippen LogP contribution in [0.5, 0.6) is 0 Å². The van der Waals surface area contributed by atoms with Crippen LogP contribution in [0.1, 0.15) is 19.8 Å². The number of rotatable bonds is 4. The van der Waals surface area contributed by atoms with Gasteiger partial charge < -0.3 is 11.1 Å². The molecule has 1 rings (SSSR count). The van der Waals surface area contributed by atoms with Gasteiger partial charge in [-0.15, -0.1) is 0 Å². The molecule has 1 aromatic rings. The number of nitrogen functional groups attached to an aromatic ring is 1. The summed E-state index contributed by atoms with van der Waals surface area (Å²) in [5.74, 6) is 0.880. The largest absolute Gasteiger partial charge is 0.369 e. The van der Waals surface area contributed by atoms with Crippen LogP contribution in [0.4, 0.5) is 11.9 Å². The number of aromatic amines is 1. The van der Waals surface area contributed by atoms with Gasteiger partial charge in [0, 0.05) is 6.54 Å². The molecule has 0 aromatic carbocycles. The molecule has 0 saturated carbocycles. The van der Waals surface area contributed by atoms with Gasteiger partial charge in [0.05, 0.1) is 0 Å². The predicted octanol–water partition coefficient (Wildman–Crippen LogP) is 1.33. The smallest absolute Gasteiger partial charge is 0.225 e. The van der Waals surface area contributed by atoms with Crippen LogP contribution >= 0.6 is 12.2 Å². The van der Waals surface area contributed by atoms with E-state index in [1.165, 1.54) is 0 Å². The average Bonchev–Trinajstić information content (AvgIpc) is 2.03. The maximum absolute atomic E-state index is 5.45. The minimum absolute atomic E-state index is 0.259. The molecule has 0 atom stereocenters. The van der Waals surface area contributed by atoms with Crippen LogP contribution in [0, 0.1) is 4.77 Å². The van der Waals surface area contributed by atoms with Crippen molar-refractivity contribution >= 4 is 24.1 Å². The van der Waals surface area contributed by atoms with E-state index < -0.39 is 0 Å². The SMILES string of the molecule is CCCCNc1nc(=S)nc(N)[nH]1. The maximum atomic E-state index is 5.45. The molecule has 0 radical (unpaired) electrons. The fraction of sp³-hybridized carbons (Fsp3) is 0.571. The van der Waals surface area contributed by atoms with E-state index in [0.29, 0.717) is 11.9 Å². The topological polar surface area (TPSA) is 79.6 Å². The summed E-state index contributed by atoms with van der Waals surface area (Å²) in [7, 11) is 0. The Hall–Kier alpha value is -1.17. The number of hydrogen-bond acceptors (Lipinski definition) is 5. The summed E-state index contributed by atoms with van der Waals surface area (Å²) in [6.45, 7) is 2.98. The van der Waals surface area contributed by atoms with Crippen molar-refractivity contribution in [2.45, 2.75) is 19.8 Å². The second-order valence-electron chi connectivity index (χ2n) is 2.65. The molecule has 5 nitrogen and oxygen atoms in total. The molecule has 0 aliphatic heterocycles. The van der Waals surface area contributed by atoms with E-state index in [9.17, 15) is 0 Å². The summed E-state index contributed by atoms with van der Waals surface area (Å²) in [5, 5.41) is 3.07. The first-order valence-electron chi connectivity index (χ1n) is 4.20. The zero-order valence-corrected chi connectivity index (χ0v) is 8.32. The lowest BCUT2D eigenvalue weighted by molar-refractivity contribution is 0.824. The molecule has 6 heteroatoms. The summed E-state index contributed by atoms with van der Waals surface area (Å²) in [5.41, 5.74) is 5.45. The van der Waals surface area contributed by atoms with Crippen LogP contribution in [-0.4, -0.2) is 21.5 Å². The normalized spacial score (nSPS) is 9.92. The summed E-state index contributed by atoms with van der Waals surface area (Å²) >= 11 is 4.80. The van der Waals surface area contributed by atoms with E-state index in [0.717, 1.165) is 19.4 Å². The summed E-state index contributed by atoms with van der Waals surface area (Å²) in [6.07, 6.45) is 2.22. The van der Waals surface area contributed by atoms with E-state index in [1.807, 2.05) is 0 Å². The molecule has 13 heavy (non-hydrogen) atoms. The molecule has 1 heterocycles. The van der Waals surface area contributed by atoms with Crippen molar-refractivity contribution in [3.8, 4) is 0 Å². The Balaban J connectivity index is 2.61. The molecular weight excluding hydrogens is 186 g/mol. The highest BCUT2D eigenvalue weighted by atomic mass is 32.1. The van der Waals surface area contributed by atoms with E-state index in [-0.39, 0.29) is 4.77 Å². The molecular formula is C7H13N5S. The number of nitrogens with two attached hydrogens (primary N) is 1. The third kappa shape index (κ3) is 3.37. The van der Waals surface area contributed by atoms with Gasteiger partial charge >= 0.3 is 0 Å². The van der Waals surface area contributed by atoms with Gasteiger partial charge in [-0.2, -0.15) is 9.97 Å². The lowest BCUT2D eigenvalue weighted by Crippen LogP contribution is -2.07. The summed E-state index contributed by atoms with van der Waals surface area (Å²) in [6, 6.07) is 0. The Morgan fingerprint density at radius 3 is 2.92 bits per heavy atom. The van der Waals surface area contributed by atoms with Crippen molar-refractivity contribution in [1.29, 1.82) is 0 Å². The first-order chi connectivity index (χ1) is 6.22. The van der Waals surface area contributed by atoms with Gasteiger partial charge in [-0.3, -0.25) is 4.98 Å². The zero-order valence-electron chi connectivity index (χ0n) is 7.50. The first kappa shape index (κ1) is 9.91. The number of aromatic nitrogens is 3. The maximum Gasteiger partial charge on any atom is 0.225 e. The Morgan fingerprint density at radius 1 is 1.54 bits per heavy atom. The van der Waals surface area contributed by atoms with Gasteiger partial charge in [-0.05, 0) is 18.6 Å². The van der Waals surface area contributed by atoms with E-state index in [1.54, 1.807) is 0 Å². The van der Waals surface area contributed by atoms with Crippen LogP contribution in [0.2, 0.25) is 0 Å². The van der Waals surface area contributed by atoms with Crippen LogP contribution in [0.25, 0.3) is 0 Å². The second kappa shape index (κ2) is 4.76. The lowest BCUT2D eigenvalue weighted by Gasteiger charge is -2.03. The minimum Gasteiger partial charge on any atom is -0.369 e. The van der Waals surface area contributed by atoms with Crippen LogP contribution in [0.15, 0.2) is 0 Å². The van der Waals surface area contributed by atoms with Gasteiger partial charge in [0.15, 0.2) is 0 Å². The van der Waals surface area contributed by atoms with Crippen LogP contribution in [-0.2, 0) is 0 Å². The van der Waals surface area contributed by atoms with Gasteiger partial charge in [-0.25, -0.2) is 0 Å². The van der Waals surface area contributed by atoms with Crippen molar-refractivity contribution in [2.24, 2.45) is 0 Å². The Morgan fingerprint density at radius 2 is 2.31 bits per heavy atom. The molecule has 0 aliphatic rings. The zero-order chi connectivity index (χ0) is 9.68. The highest BCUT2D eigenvalue weighted by Gasteiger charge is 1.95. The molecule has 0 amide bonds. The van der Waals surface area contributed by atoms with Gasteiger partial charge in [-0.1, -0.05) is 13.3 Å². The van der Waals surface area contributed by atoms with Crippen molar-refractivity contribution < 1.29 is 0 Å². The minimum atomic E-state index is 0.259. The van der Waals surface area contributed by atoms with Crippen LogP contribution < -0.4 is 11.1 Å². The predicted molar refractivity (Wildman–Crippen MR) is 55.0 cm³/mol.